The number of benzene rings is 2. The molecule has 110 valence electrons. The molecule has 3 heteroatoms. The summed E-state index contributed by atoms with van der Waals surface area (Å²) < 4.78 is 5.91. The van der Waals surface area contributed by atoms with Crippen LogP contribution in [0.25, 0.3) is 0 Å². The zero-order valence-electron chi connectivity index (χ0n) is 12.7. The van der Waals surface area contributed by atoms with Crippen LogP contribution in [0.3, 0.4) is 0 Å². The van der Waals surface area contributed by atoms with Gasteiger partial charge in [-0.2, -0.15) is 0 Å². The molecule has 0 radical (unpaired) electrons. The summed E-state index contributed by atoms with van der Waals surface area (Å²) in [6.45, 7) is 7.07. The molecule has 0 saturated carbocycles. The maximum absolute atomic E-state index is 6.15. The maximum atomic E-state index is 6.15. The standard InChI is InChI=1S/C18H20ClNO/c1-12-15(19)5-4-6-16(12)20-11-13-7-8-17-14(9-13)10-18(2,3)21-17/h4-9,20H,10-11H2,1-3H3. The molecule has 1 aliphatic rings. The first-order valence-electron chi connectivity index (χ1n) is 7.24. The fourth-order valence-electron chi connectivity index (χ4n) is 2.77. The minimum Gasteiger partial charge on any atom is -0.487 e. The molecule has 0 bridgehead atoms. The molecule has 3 rings (SSSR count). The Labute approximate surface area is 131 Å². The molecular formula is C18H20ClNO. The smallest absolute Gasteiger partial charge is 0.123 e. The fourth-order valence-corrected chi connectivity index (χ4v) is 2.94. The summed E-state index contributed by atoms with van der Waals surface area (Å²) in [6, 6.07) is 12.4. The van der Waals surface area contributed by atoms with Crippen LogP contribution in [0.5, 0.6) is 5.75 Å². The van der Waals surface area contributed by atoms with Gasteiger partial charge in [-0.1, -0.05) is 29.8 Å². The van der Waals surface area contributed by atoms with Crippen molar-refractivity contribution in [2.24, 2.45) is 0 Å². The molecule has 1 heterocycles. The summed E-state index contributed by atoms with van der Waals surface area (Å²) in [5, 5.41) is 4.25. The zero-order valence-corrected chi connectivity index (χ0v) is 13.4. The maximum Gasteiger partial charge on any atom is 0.123 e. The monoisotopic (exact) mass is 301 g/mol. The molecule has 0 atom stereocenters. The quantitative estimate of drug-likeness (QED) is 0.864. The van der Waals surface area contributed by atoms with Gasteiger partial charge in [0.1, 0.15) is 11.4 Å². The number of nitrogens with one attached hydrogen (secondary N) is 1. The number of fused-ring (bicyclic) bond motifs is 1. The third-order valence-electron chi connectivity index (χ3n) is 3.88. The normalized spacial score (nSPS) is 15.4. The Morgan fingerprint density at radius 1 is 1.24 bits per heavy atom. The number of ether oxygens (including phenoxy) is 1. The molecule has 0 unspecified atom stereocenters. The van der Waals surface area contributed by atoms with Crippen molar-refractivity contribution in [3.63, 3.8) is 0 Å². The van der Waals surface area contributed by atoms with Crippen LogP contribution in [0.4, 0.5) is 5.69 Å². The van der Waals surface area contributed by atoms with Gasteiger partial charge in [-0.15, -0.1) is 0 Å². The molecule has 0 aliphatic carbocycles. The first kappa shape index (κ1) is 14.3. The Bertz CT molecular complexity index is 679. The van der Waals surface area contributed by atoms with E-state index in [1.54, 1.807) is 0 Å². The Kier molecular flexibility index (Phi) is 3.58. The van der Waals surface area contributed by atoms with Gasteiger partial charge < -0.3 is 10.1 Å². The van der Waals surface area contributed by atoms with E-state index >= 15 is 0 Å². The first-order chi connectivity index (χ1) is 9.94. The predicted octanol–water partition coefficient (Wildman–Crippen LogP) is 4.97. The van der Waals surface area contributed by atoms with E-state index in [4.69, 9.17) is 16.3 Å². The second kappa shape index (κ2) is 5.27. The van der Waals surface area contributed by atoms with Gasteiger partial charge in [-0.3, -0.25) is 0 Å². The SMILES string of the molecule is Cc1c(Cl)cccc1NCc1ccc2c(c1)CC(C)(C)O2. The minimum atomic E-state index is -0.0854. The van der Waals surface area contributed by atoms with Crippen molar-refractivity contribution >= 4 is 17.3 Å². The van der Waals surface area contributed by atoms with Gasteiger partial charge in [-0.25, -0.2) is 0 Å². The van der Waals surface area contributed by atoms with E-state index < -0.39 is 0 Å². The molecular weight excluding hydrogens is 282 g/mol. The van der Waals surface area contributed by atoms with Gasteiger partial charge in [0.25, 0.3) is 0 Å². The van der Waals surface area contributed by atoms with Crippen LogP contribution in [-0.4, -0.2) is 5.60 Å². The van der Waals surface area contributed by atoms with Crippen LogP contribution >= 0.6 is 11.6 Å². The summed E-state index contributed by atoms with van der Waals surface area (Å²) in [5.41, 5.74) is 4.64. The van der Waals surface area contributed by atoms with Crippen molar-refractivity contribution in [2.75, 3.05) is 5.32 Å². The molecule has 2 nitrogen and oxygen atoms in total. The Hall–Kier alpha value is -1.67. The topological polar surface area (TPSA) is 21.3 Å². The lowest BCUT2D eigenvalue weighted by molar-refractivity contribution is 0.138. The average molecular weight is 302 g/mol. The molecule has 0 saturated heterocycles. The molecule has 0 amide bonds. The lowest BCUT2D eigenvalue weighted by Crippen LogP contribution is -2.24. The summed E-state index contributed by atoms with van der Waals surface area (Å²) in [6.07, 6.45) is 0.965. The van der Waals surface area contributed by atoms with Gasteiger partial charge >= 0.3 is 0 Å². The largest absolute Gasteiger partial charge is 0.487 e. The molecule has 0 fully saturated rings. The average Bonchev–Trinajstić information content (AvgIpc) is 2.73. The van der Waals surface area contributed by atoms with Crippen molar-refractivity contribution in [3.8, 4) is 5.75 Å². The number of rotatable bonds is 3. The molecule has 2 aromatic rings. The van der Waals surface area contributed by atoms with E-state index in [9.17, 15) is 0 Å². The molecule has 0 spiro atoms. The highest BCUT2D eigenvalue weighted by molar-refractivity contribution is 6.31. The van der Waals surface area contributed by atoms with Crippen molar-refractivity contribution < 1.29 is 4.74 Å². The first-order valence-corrected chi connectivity index (χ1v) is 7.62. The molecule has 0 aromatic heterocycles. The second-order valence-electron chi connectivity index (χ2n) is 6.25. The van der Waals surface area contributed by atoms with Gasteiger partial charge in [0, 0.05) is 23.7 Å². The van der Waals surface area contributed by atoms with Crippen LogP contribution in [0, 0.1) is 6.92 Å². The Balaban J connectivity index is 1.74. The third-order valence-corrected chi connectivity index (χ3v) is 4.29. The van der Waals surface area contributed by atoms with Crippen LogP contribution in [0.1, 0.15) is 30.5 Å². The Morgan fingerprint density at radius 3 is 2.86 bits per heavy atom. The Morgan fingerprint density at radius 2 is 2.05 bits per heavy atom. The highest BCUT2D eigenvalue weighted by Crippen LogP contribution is 2.35. The van der Waals surface area contributed by atoms with Crippen LogP contribution < -0.4 is 10.1 Å². The summed E-state index contributed by atoms with van der Waals surface area (Å²) >= 11 is 6.15. The van der Waals surface area contributed by atoms with E-state index in [-0.39, 0.29) is 5.60 Å². The van der Waals surface area contributed by atoms with E-state index in [1.807, 2.05) is 19.1 Å². The van der Waals surface area contributed by atoms with Crippen molar-refractivity contribution in [3.05, 3.63) is 58.1 Å². The molecule has 1 aliphatic heterocycles. The predicted molar refractivity (Wildman–Crippen MR) is 88.4 cm³/mol. The van der Waals surface area contributed by atoms with E-state index in [0.29, 0.717) is 0 Å². The second-order valence-corrected chi connectivity index (χ2v) is 6.65. The third kappa shape index (κ3) is 3.01. The van der Waals surface area contributed by atoms with Crippen molar-refractivity contribution in [2.45, 2.75) is 39.3 Å². The van der Waals surface area contributed by atoms with E-state index in [1.165, 1.54) is 11.1 Å². The van der Waals surface area contributed by atoms with E-state index in [2.05, 4.69) is 43.4 Å². The van der Waals surface area contributed by atoms with Crippen LogP contribution in [0.15, 0.2) is 36.4 Å². The highest BCUT2D eigenvalue weighted by atomic mass is 35.5. The molecule has 2 aromatic carbocycles. The summed E-state index contributed by atoms with van der Waals surface area (Å²) in [4.78, 5) is 0. The van der Waals surface area contributed by atoms with E-state index in [0.717, 1.165) is 35.0 Å². The number of halogens is 1. The lowest BCUT2D eigenvalue weighted by Gasteiger charge is -2.16. The molecule has 1 N–H and O–H groups in total. The van der Waals surface area contributed by atoms with Crippen molar-refractivity contribution in [1.82, 2.24) is 0 Å². The fraction of sp³-hybridized carbons (Fsp3) is 0.333. The minimum absolute atomic E-state index is 0.0854. The van der Waals surface area contributed by atoms with Crippen LogP contribution in [0.2, 0.25) is 5.02 Å². The lowest BCUT2D eigenvalue weighted by atomic mass is 10.0. The molecule has 21 heavy (non-hydrogen) atoms. The summed E-state index contributed by atoms with van der Waals surface area (Å²) in [7, 11) is 0. The van der Waals surface area contributed by atoms with Gasteiger partial charge in [-0.05, 0) is 55.7 Å². The zero-order chi connectivity index (χ0) is 15.0. The van der Waals surface area contributed by atoms with Gasteiger partial charge in [0.15, 0.2) is 0 Å². The number of hydrogen-bond acceptors (Lipinski definition) is 2. The van der Waals surface area contributed by atoms with Crippen molar-refractivity contribution in [1.29, 1.82) is 0 Å². The summed E-state index contributed by atoms with van der Waals surface area (Å²) in [5.74, 6) is 1.02. The van der Waals surface area contributed by atoms with Crippen LogP contribution in [-0.2, 0) is 13.0 Å². The highest BCUT2D eigenvalue weighted by Gasteiger charge is 2.29. The van der Waals surface area contributed by atoms with Gasteiger partial charge in [0.05, 0.1) is 0 Å². The number of hydrogen-bond donors (Lipinski definition) is 1. The van der Waals surface area contributed by atoms with Gasteiger partial charge in [0.2, 0.25) is 0 Å². The number of anilines is 1.